The highest BCUT2D eigenvalue weighted by Gasteiger charge is 2.69. The molecule has 1 saturated carbocycles. The topological polar surface area (TPSA) is 20.2 Å². The van der Waals surface area contributed by atoms with Gasteiger partial charge in [0.05, 0.1) is 13.4 Å². The average molecular weight is 268 g/mol. The van der Waals surface area contributed by atoms with Gasteiger partial charge in [0, 0.05) is 10.7 Å². The second kappa shape index (κ2) is 3.94. The maximum absolute atomic E-state index is 11.2. The molecule has 0 aliphatic heterocycles. The van der Waals surface area contributed by atoms with Crippen LogP contribution in [0.3, 0.4) is 0 Å². The van der Waals surface area contributed by atoms with Crippen molar-refractivity contribution < 1.29 is 5.11 Å². The molecule has 0 aromatic carbocycles. The van der Waals surface area contributed by atoms with Crippen LogP contribution in [0.4, 0.5) is 0 Å². The summed E-state index contributed by atoms with van der Waals surface area (Å²) in [6.45, 7) is 16.8. The van der Waals surface area contributed by atoms with E-state index in [9.17, 15) is 5.11 Å². The minimum Gasteiger partial charge on any atom is -0.389 e. The van der Waals surface area contributed by atoms with Crippen molar-refractivity contribution in [1.29, 1.82) is 0 Å². The summed E-state index contributed by atoms with van der Waals surface area (Å²) in [5, 5.41) is 10.7. The molecule has 0 aromatic heterocycles. The van der Waals surface area contributed by atoms with E-state index in [0.717, 1.165) is 6.42 Å². The smallest absolute Gasteiger partial charge is 0.0768 e. The molecule has 0 spiro atoms. The van der Waals surface area contributed by atoms with Gasteiger partial charge in [-0.15, -0.1) is 0 Å². The first kappa shape index (κ1) is 16.4. The molecule has 2 radical (unpaired) electrons. The van der Waals surface area contributed by atoms with Crippen molar-refractivity contribution in [2.75, 3.05) is 0 Å². The zero-order valence-corrected chi connectivity index (χ0v) is 14.2. The predicted octanol–water partition coefficient (Wildman–Crippen LogP) is 3.87. The lowest BCUT2D eigenvalue weighted by Gasteiger charge is -2.71. The van der Waals surface area contributed by atoms with Gasteiger partial charge in [-0.1, -0.05) is 48.5 Å². The minimum atomic E-state index is -0.791. The molecule has 1 fully saturated rings. The summed E-state index contributed by atoms with van der Waals surface area (Å²) in [6.07, 6.45) is 0.874. The Bertz CT molecular complexity index is 312. The van der Waals surface area contributed by atoms with Crippen molar-refractivity contribution in [2.45, 2.75) is 77.5 Å². The standard InChI is InChI=1S/C15H29BOS/c1-9-10-13(6,17)11(2,3)12(4,5)15(8,16)14(10,7)18/h10,17-18H,9H2,1-8H3. The van der Waals surface area contributed by atoms with Gasteiger partial charge in [-0.05, 0) is 29.5 Å². The summed E-state index contributed by atoms with van der Waals surface area (Å²) in [6, 6.07) is 0. The highest BCUT2D eigenvalue weighted by Crippen LogP contribution is 2.72. The SMILES string of the molecule is [B]C1(C)C(C)(S)C(CC)C(C)(O)C(C)(C)C1(C)C. The van der Waals surface area contributed by atoms with E-state index in [1.807, 2.05) is 6.92 Å². The van der Waals surface area contributed by atoms with E-state index in [1.54, 1.807) is 0 Å². The van der Waals surface area contributed by atoms with Gasteiger partial charge in [0.15, 0.2) is 0 Å². The fourth-order valence-electron chi connectivity index (χ4n) is 4.05. The van der Waals surface area contributed by atoms with Crippen molar-refractivity contribution in [3.05, 3.63) is 0 Å². The summed E-state index contributed by atoms with van der Waals surface area (Å²) in [5.74, 6) is 0.0614. The first-order valence-corrected chi connectivity index (χ1v) is 7.38. The Morgan fingerprint density at radius 3 is 1.72 bits per heavy atom. The van der Waals surface area contributed by atoms with Crippen LogP contribution < -0.4 is 0 Å². The minimum absolute atomic E-state index is 0.0614. The first-order valence-electron chi connectivity index (χ1n) is 6.93. The number of hydrogen-bond acceptors (Lipinski definition) is 2. The van der Waals surface area contributed by atoms with Crippen molar-refractivity contribution in [2.24, 2.45) is 16.7 Å². The molecule has 104 valence electrons. The molecule has 0 bridgehead atoms. The molecule has 1 aliphatic carbocycles. The third-order valence-corrected chi connectivity index (χ3v) is 7.72. The first-order chi connectivity index (χ1) is 7.69. The summed E-state index contributed by atoms with van der Waals surface area (Å²) < 4.78 is -0.412. The van der Waals surface area contributed by atoms with Gasteiger partial charge in [0.25, 0.3) is 0 Å². The summed E-state index contributed by atoms with van der Waals surface area (Å²) >= 11 is 4.89. The highest BCUT2D eigenvalue weighted by atomic mass is 32.1. The van der Waals surface area contributed by atoms with Gasteiger partial charge >= 0.3 is 0 Å². The molecule has 4 atom stereocenters. The van der Waals surface area contributed by atoms with Crippen LogP contribution in [0.1, 0.15) is 61.8 Å². The van der Waals surface area contributed by atoms with Crippen LogP contribution in [0.15, 0.2) is 0 Å². The van der Waals surface area contributed by atoms with Gasteiger partial charge < -0.3 is 5.11 Å². The van der Waals surface area contributed by atoms with Crippen LogP contribution in [-0.2, 0) is 0 Å². The van der Waals surface area contributed by atoms with E-state index < -0.39 is 15.7 Å². The lowest BCUT2D eigenvalue weighted by Crippen LogP contribution is -2.71. The largest absolute Gasteiger partial charge is 0.389 e. The van der Waals surface area contributed by atoms with Crippen molar-refractivity contribution in [3.63, 3.8) is 0 Å². The summed E-state index contributed by atoms with van der Waals surface area (Å²) in [4.78, 5) is 0. The Kier molecular flexibility index (Phi) is 3.60. The summed E-state index contributed by atoms with van der Waals surface area (Å²) in [7, 11) is 6.71. The molecule has 1 N–H and O–H groups in total. The zero-order valence-electron chi connectivity index (χ0n) is 13.3. The van der Waals surface area contributed by atoms with E-state index in [0.29, 0.717) is 0 Å². The summed E-state index contributed by atoms with van der Waals surface area (Å²) in [5.41, 5.74) is -1.31. The van der Waals surface area contributed by atoms with E-state index >= 15 is 0 Å². The van der Waals surface area contributed by atoms with E-state index in [1.165, 1.54) is 0 Å². The third kappa shape index (κ3) is 1.53. The quantitative estimate of drug-likeness (QED) is 0.546. The zero-order chi connectivity index (χ0) is 14.8. The Morgan fingerprint density at radius 2 is 1.39 bits per heavy atom. The molecular formula is C15H29BOS. The van der Waals surface area contributed by atoms with Gasteiger partial charge in [-0.3, -0.25) is 0 Å². The predicted molar refractivity (Wildman–Crippen MR) is 83.5 cm³/mol. The fraction of sp³-hybridized carbons (Fsp3) is 1.00. The van der Waals surface area contributed by atoms with Gasteiger partial charge in [0.2, 0.25) is 0 Å². The van der Waals surface area contributed by atoms with Gasteiger partial charge in [0.1, 0.15) is 0 Å². The second-order valence-electron chi connectivity index (χ2n) is 7.71. The van der Waals surface area contributed by atoms with Crippen LogP contribution in [0, 0.1) is 16.7 Å². The Balaban J connectivity index is 3.59. The highest BCUT2D eigenvalue weighted by molar-refractivity contribution is 7.82. The van der Waals surface area contributed by atoms with Crippen LogP contribution in [0.5, 0.6) is 0 Å². The van der Waals surface area contributed by atoms with Gasteiger partial charge in [-0.25, -0.2) is 0 Å². The molecule has 4 unspecified atom stereocenters. The van der Waals surface area contributed by atoms with Crippen molar-refractivity contribution in [3.8, 4) is 0 Å². The Morgan fingerprint density at radius 1 is 1.00 bits per heavy atom. The Labute approximate surface area is 120 Å². The van der Waals surface area contributed by atoms with Crippen molar-refractivity contribution in [1.82, 2.24) is 0 Å². The Hall–Kier alpha value is 0.375. The van der Waals surface area contributed by atoms with E-state index in [4.69, 9.17) is 20.5 Å². The molecule has 0 heterocycles. The lowest BCUT2D eigenvalue weighted by molar-refractivity contribution is -0.207. The second-order valence-corrected chi connectivity index (χ2v) is 8.64. The van der Waals surface area contributed by atoms with Crippen LogP contribution in [0.25, 0.3) is 0 Å². The fourth-order valence-corrected chi connectivity index (χ4v) is 4.77. The van der Waals surface area contributed by atoms with Crippen LogP contribution >= 0.6 is 12.6 Å². The van der Waals surface area contributed by atoms with E-state index in [2.05, 4.69) is 48.5 Å². The molecule has 0 aromatic rings. The average Bonchev–Trinajstić information content (AvgIpc) is 2.15. The third-order valence-electron chi connectivity index (χ3n) is 6.94. The molecule has 0 amide bonds. The maximum Gasteiger partial charge on any atom is 0.0768 e. The number of hydrogen-bond donors (Lipinski definition) is 2. The molecule has 1 rings (SSSR count). The normalized spacial score (nSPS) is 51.1. The van der Waals surface area contributed by atoms with Crippen molar-refractivity contribution >= 4 is 20.5 Å². The maximum atomic E-state index is 11.2. The molecule has 18 heavy (non-hydrogen) atoms. The molecule has 0 saturated heterocycles. The van der Waals surface area contributed by atoms with E-state index in [-0.39, 0.29) is 16.7 Å². The monoisotopic (exact) mass is 268 g/mol. The number of aliphatic hydroxyl groups is 1. The molecule has 1 nitrogen and oxygen atoms in total. The molecular weight excluding hydrogens is 239 g/mol. The molecule has 1 aliphatic rings. The van der Waals surface area contributed by atoms with Crippen LogP contribution in [-0.4, -0.2) is 23.3 Å². The lowest BCUT2D eigenvalue weighted by atomic mass is 9.33. The molecule has 3 heteroatoms. The van der Waals surface area contributed by atoms with Gasteiger partial charge in [-0.2, -0.15) is 12.6 Å². The number of rotatable bonds is 1. The van der Waals surface area contributed by atoms with Crippen LogP contribution in [0.2, 0.25) is 5.31 Å². The number of thiol groups is 1.